The molecule has 0 spiro atoms. The van der Waals surface area contributed by atoms with E-state index in [4.69, 9.17) is 5.11 Å². The van der Waals surface area contributed by atoms with Gasteiger partial charge in [0.15, 0.2) is 0 Å². The van der Waals surface area contributed by atoms with Crippen LogP contribution in [0.25, 0.3) is 0 Å². The van der Waals surface area contributed by atoms with E-state index >= 15 is 0 Å². The van der Waals surface area contributed by atoms with Gasteiger partial charge in [-0.3, -0.25) is 5.32 Å². The summed E-state index contributed by atoms with van der Waals surface area (Å²) >= 11 is 0. The van der Waals surface area contributed by atoms with Gasteiger partial charge >= 0.3 is 0 Å². The van der Waals surface area contributed by atoms with Crippen molar-refractivity contribution in [2.24, 2.45) is 0 Å². The van der Waals surface area contributed by atoms with Gasteiger partial charge in [-0.15, -0.1) is 0 Å². The lowest BCUT2D eigenvalue weighted by Crippen LogP contribution is -1.93. The Morgan fingerprint density at radius 1 is 1.30 bits per heavy atom. The molecular weight excluding hydrogens is 126 g/mol. The number of nitrogens with zero attached hydrogens (tertiary/aromatic N) is 1. The van der Waals surface area contributed by atoms with Crippen molar-refractivity contribution in [3.63, 3.8) is 0 Å². The van der Waals surface area contributed by atoms with Crippen molar-refractivity contribution >= 4 is 5.69 Å². The minimum Gasteiger partial charge on any atom is -0.508 e. The van der Waals surface area contributed by atoms with E-state index in [1.807, 2.05) is 6.92 Å². The van der Waals surface area contributed by atoms with Crippen molar-refractivity contribution in [2.75, 3.05) is 6.54 Å². The molecule has 0 saturated heterocycles. The largest absolute Gasteiger partial charge is 0.508 e. The van der Waals surface area contributed by atoms with Gasteiger partial charge in [-0.1, -0.05) is 0 Å². The zero-order valence-corrected chi connectivity index (χ0v) is 5.91. The van der Waals surface area contributed by atoms with Crippen LogP contribution in [0, 0.1) is 0 Å². The quantitative estimate of drug-likeness (QED) is 0.659. The summed E-state index contributed by atoms with van der Waals surface area (Å²) in [7, 11) is 0. The number of rotatable bonds is 2. The molecule has 2 nitrogen and oxygen atoms in total. The molecule has 1 N–H and O–H groups in total. The molecule has 0 aliphatic rings. The lowest BCUT2D eigenvalue weighted by molar-refractivity contribution is 0.475. The minimum atomic E-state index is 0.287. The minimum absolute atomic E-state index is 0.287. The van der Waals surface area contributed by atoms with Gasteiger partial charge in [0.25, 0.3) is 0 Å². The van der Waals surface area contributed by atoms with E-state index in [0.29, 0.717) is 0 Å². The van der Waals surface area contributed by atoms with Crippen molar-refractivity contribution in [2.45, 2.75) is 6.92 Å². The maximum absolute atomic E-state index is 8.88. The van der Waals surface area contributed by atoms with E-state index in [1.165, 1.54) is 0 Å². The highest BCUT2D eigenvalue weighted by Crippen LogP contribution is 2.12. The molecule has 1 aromatic carbocycles. The third-order valence-corrected chi connectivity index (χ3v) is 1.19. The lowest BCUT2D eigenvalue weighted by atomic mass is 10.3. The number of hydrogen-bond donors (Lipinski definition) is 1. The molecule has 0 aliphatic heterocycles. The van der Waals surface area contributed by atoms with Crippen molar-refractivity contribution in [1.29, 1.82) is 0 Å². The van der Waals surface area contributed by atoms with Gasteiger partial charge in [-0.2, -0.15) is 0 Å². The molecular formula is C8H10NO. The van der Waals surface area contributed by atoms with Crippen molar-refractivity contribution in [3.8, 4) is 5.75 Å². The second-order valence-corrected chi connectivity index (χ2v) is 1.99. The zero-order chi connectivity index (χ0) is 7.40. The summed E-state index contributed by atoms with van der Waals surface area (Å²) in [5.74, 6) is 0.287. The monoisotopic (exact) mass is 136 g/mol. The molecule has 1 radical (unpaired) electrons. The standard InChI is InChI=1S/C8H10NO/c1-2-9-7-3-5-8(10)6-4-7/h3-6,10H,2H2,1H3. The molecule has 0 atom stereocenters. The van der Waals surface area contributed by atoms with Crippen LogP contribution in [0.4, 0.5) is 5.69 Å². The summed E-state index contributed by atoms with van der Waals surface area (Å²) in [6.07, 6.45) is 0. The van der Waals surface area contributed by atoms with E-state index in [1.54, 1.807) is 24.3 Å². The Bertz CT molecular complexity index is 193. The van der Waals surface area contributed by atoms with Crippen LogP contribution < -0.4 is 5.32 Å². The van der Waals surface area contributed by atoms with Crippen LogP contribution in [0.15, 0.2) is 24.3 Å². The first-order valence-electron chi connectivity index (χ1n) is 3.29. The van der Waals surface area contributed by atoms with Crippen LogP contribution in [0.5, 0.6) is 5.75 Å². The molecule has 0 unspecified atom stereocenters. The van der Waals surface area contributed by atoms with Crippen molar-refractivity contribution in [3.05, 3.63) is 24.3 Å². The second kappa shape index (κ2) is 3.11. The van der Waals surface area contributed by atoms with E-state index in [9.17, 15) is 0 Å². The molecule has 1 aromatic rings. The first kappa shape index (κ1) is 6.93. The first-order valence-corrected chi connectivity index (χ1v) is 3.29. The highest BCUT2D eigenvalue weighted by Gasteiger charge is 1.89. The summed E-state index contributed by atoms with van der Waals surface area (Å²) in [5.41, 5.74) is 0.917. The van der Waals surface area contributed by atoms with Crippen LogP contribution in [0.1, 0.15) is 6.92 Å². The van der Waals surface area contributed by atoms with Gasteiger partial charge < -0.3 is 5.11 Å². The van der Waals surface area contributed by atoms with Crippen LogP contribution in [-0.4, -0.2) is 11.7 Å². The number of aromatic hydroxyl groups is 1. The summed E-state index contributed by atoms with van der Waals surface area (Å²) in [6.45, 7) is 2.76. The molecule has 53 valence electrons. The predicted octanol–water partition coefficient (Wildman–Crippen LogP) is 1.65. The van der Waals surface area contributed by atoms with Crippen molar-refractivity contribution < 1.29 is 5.11 Å². The highest BCUT2D eigenvalue weighted by atomic mass is 16.3. The molecule has 0 aromatic heterocycles. The molecule has 10 heavy (non-hydrogen) atoms. The molecule has 0 aliphatic carbocycles. The third kappa shape index (κ3) is 1.65. The Morgan fingerprint density at radius 2 is 1.90 bits per heavy atom. The zero-order valence-electron chi connectivity index (χ0n) is 5.91. The first-order chi connectivity index (χ1) is 4.83. The van der Waals surface area contributed by atoms with E-state index < -0.39 is 0 Å². The van der Waals surface area contributed by atoms with Crippen LogP contribution in [0.3, 0.4) is 0 Å². The average molecular weight is 136 g/mol. The third-order valence-electron chi connectivity index (χ3n) is 1.19. The fourth-order valence-electron chi connectivity index (χ4n) is 0.741. The number of benzene rings is 1. The normalized spacial score (nSPS) is 9.30. The Balaban J connectivity index is 2.69. The van der Waals surface area contributed by atoms with Gasteiger partial charge in [-0.05, 0) is 31.2 Å². The Kier molecular flexibility index (Phi) is 2.15. The molecule has 0 saturated carbocycles. The molecule has 1 rings (SSSR count). The lowest BCUT2D eigenvalue weighted by Gasteiger charge is -1.97. The maximum atomic E-state index is 8.88. The van der Waals surface area contributed by atoms with Crippen LogP contribution in [0.2, 0.25) is 0 Å². The van der Waals surface area contributed by atoms with Crippen LogP contribution >= 0.6 is 0 Å². The van der Waals surface area contributed by atoms with Gasteiger partial charge in [0.05, 0.1) is 5.69 Å². The van der Waals surface area contributed by atoms with Gasteiger partial charge in [-0.25, -0.2) is 0 Å². The second-order valence-electron chi connectivity index (χ2n) is 1.99. The number of phenols is 1. The maximum Gasteiger partial charge on any atom is 0.115 e. The smallest absolute Gasteiger partial charge is 0.115 e. The Morgan fingerprint density at radius 3 is 2.40 bits per heavy atom. The molecule has 2 heteroatoms. The van der Waals surface area contributed by atoms with Crippen LogP contribution in [-0.2, 0) is 0 Å². The Hall–Kier alpha value is -1.18. The topological polar surface area (TPSA) is 34.3 Å². The SMILES string of the molecule is CC[N]c1ccc(O)cc1. The number of hydrogen-bond acceptors (Lipinski definition) is 1. The van der Waals surface area contributed by atoms with Crippen molar-refractivity contribution in [1.82, 2.24) is 5.32 Å². The molecule has 0 heterocycles. The molecule has 0 amide bonds. The average Bonchev–Trinajstić information content (AvgIpc) is 1.95. The predicted molar refractivity (Wildman–Crippen MR) is 40.4 cm³/mol. The van der Waals surface area contributed by atoms with E-state index in [0.717, 1.165) is 12.2 Å². The van der Waals surface area contributed by atoms with E-state index in [-0.39, 0.29) is 5.75 Å². The molecule has 0 fully saturated rings. The Labute approximate surface area is 60.5 Å². The highest BCUT2D eigenvalue weighted by molar-refractivity contribution is 5.39. The van der Waals surface area contributed by atoms with Gasteiger partial charge in [0.2, 0.25) is 0 Å². The number of phenolic OH excluding ortho intramolecular Hbond substituents is 1. The van der Waals surface area contributed by atoms with Gasteiger partial charge in [0, 0.05) is 6.54 Å². The summed E-state index contributed by atoms with van der Waals surface area (Å²) in [5, 5.41) is 13.0. The fraction of sp³-hybridized carbons (Fsp3) is 0.250. The summed E-state index contributed by atoms with van der Waals surface area (Å²) < 4.78 is 0. The fourth-order valence-corrected chi connectivity index (χ4v) is 0.741. The van der Waals surface area contributed by atoms with E-state index in [2.05, 4.69) is 5.32 Å². The summed E-state index contributed by atoms with van der Waals surface area (Å²) in [6, 6.07) is 6.85. The summed E-state index contributed by atoms with van der Waals surface area (Å²) in [4.78, 5) is 0. The van der Waals surface area contributed by atoms with Gasteiger partial charge in [0.1, 0.15) is 5.75 Å². The molecule has 0 bridgehead atoms.